The van der Waals surface area contributed by atoms with Crippen LogP contribution >= 0.6 is 0 Å². The molecule has 0 aromatic rings. The van der Waals surface area contributed by atoms with Crippen LogP contribution in [0.2, 0.25) is 0 Å². The van der Waals surface area contributed by atoms with Crippen LogP contribution in [-0.4, -0.2) is 46.8 Å². The first kappa shape index (κ1) is 11.9. The standard InChI is InChI=1S/C10H20O4/c1-6(2)13-5-7-8(11)9(12)10(3,4)14-7/h6-9,11-12H,5H2,1-4H3/t7-,8-,9-/m1/s1. The lowest BCUT2D eigenvalue weighted by Crippen LogP contribution is -2.38. The van der Waals surface area contributed by atoms with Crippen LogP contribution in [0.4, 0.5) is 0 Å². The molecule has 0 saturated carbocycles. The summed E-state index contributed by atoms with van der Waals surface area (Å²) in [6.07, 6.45) is -2.03. The van der Waals surface area contributed by atoms with E-state index in [0.717, 1.165) is 0 Å². The zero-order valence-corrected chi connectivity index (χ0v) is 9.23. The smallest absolute Gasteiger partial charge is 0.111 e. The van der Waals surface area contributed by atoms with Crippen molar-refractivity contribution in [3.63, 3.8) is 0 Å². The Balaban J connectivity index is 2.49. The van der Waals surface area contributed by atoms with Gasteiger partial charge in [0.2, 0.25) is 0 Å². The first-order valence-electron chi connectivity index (χ1n) is 5.00. The Hall–Kier alpha value is -0.160. The fourth-order valence-electron chi connectivity index (χ4n) is 1.56. The summed E-state index contributed by atoms with van der Waals surface area (Å²) in [5.41, 5.74) is -0.690. The van der Waals surface area contributed by atoms with Crippen molar-refractivity contribution in [1.82, 2.24) is 0 Å². The van der Waals surface area contributed by atoms with E-state index >= 15 is 0 Å². The van der Waals surface area contributed by atoms with Crippen molar-refractivity contribution in [2.24, 2.45) is 0 Å². The highest BCUT2D eigenvalue weighted by atomic mass is 16.6. The molecule has 1 aliphatic heterocycles. The van der Waals surface area contributed by atoms with Crippen LogP contribution < -0.4 is 0 Å². The van der Waals surface area contributed by atoms with Crippen LogP contribution in [0.25, 0.3) is 0 Å². The van der Waals surface area contributed by atoms with Crippen LogP contribution in [-0.2, 0) is 9.47 Å². The number of rotatable bonds is 3. The maximum absolute atomic E-state index is 9.65. The largest absolute Gasteiger partial charge is 0.387 e. The lowest BCUT2D eigenvalue weighted by atomic mass is 9.99. The number of ether oxygens (including phenoxy) is 2. The van der Waals surface area contributed by atoms with Crippen LogP contribution in [0.1, 0.15) is 27.7 Å². The fraction of sp³-hybridized carbons (Fsp3) is 1.00. The summed E-state index contributed by atoms with van der Waals surface area (Å²) in [6, 6.07) is 0. The van der Waals surface area contributed by atoms with Gasteiger partial charge in [0, 0.05) is 0 Å². The molecule has 1 heterocycles. The molecule has 84 valence electrons. The number of hydrogen-bond acceptors (Lipinski definition) is 4. The van der Waals surface area contributed by atoms with Crippen molar-refractivity contribution in [2.75, 3.05) is 6.61 Å². The van der Waals surface area contributed by atoms with Crippen molar-refractivity contribution >= 4 is 0 Å². The Morgan fingerprint density at radius 3 is 2.29 bits per heavy atom. The van der Waals surface area contributed by atoms with E-state index in [4.69, 9.17) is 9.47 Å². The van der Waals surface area contributed by atoms with Crippen LogP contribution in [0.15, 0.2) is 0 Å². The minimum absolute atomic E-state index is 0.103. The summed E-state index contributed by atoms with van der Waals surface area (Å²) in [6.45, 7) is 7.68. The predicted octanol–water partition coefficient (Wildman–Crippen LogP) is 0.311. The van der Waals surface area contributed by atoms with Crippen molar-refractivity contribution in [3.8, 4) is 0 Å². The quantitative estimate of drug-likeness (QED) is 0.694. The molecular weight excluding hydrogens is 184 g/mol. The molecule has 0 aliphatic carbocycles. The Morgan fingerprint density at radius 1 is 1.36 bits per heavy atom. The topological polar surface area (TPSA) is 58.9 Å². The number of aliphatic hydroxyl groups excluding tert-OH is 2. The Labute approximate surface area is 84.8 Å². The van der Waals surface area contributed by atoms with Crippen LogP contribution in [0.3, 0.4) is 0 Å². The summed E-state index contributed by atoms with van der Waals surface area (Å²) in [4.78, 5) is 0. The normalized spacial score (nSPS) is 36.6. The molecule has 1 fully saturated rings. The lowest BCUT2D eigenvalue weighted by Gasteiger charge is -2.21. The van der Waals surface area contributed by atoms with Gasteiger partial charge in [-0.3, -0.25) is 0 Å². The third-order valence-electron chi connectivity index (χ3n) is 2.47. The molecule has 1 rings (SSSR count). The summed E-state index contributed by atoms with van der Waals surface area (Å²) >= 11 is 0. The van der Waals surface area contributed by atoms with Crippen molar-refractivity contribution in [2.45, 2.75) is 57.7 Å². The molecule has 0 aromatic heterocycles. The molecule has 0 unspecified atom stereocenters. The Bertz CT molecular complexity index is 191. The lowest BCUT2D eigenvalue weighted by molar-refractivity contribution is -0.0877. The zero-order chi connectivity index (χ0) is 10.9. The molecular formula is C10H20O4. The first-order chi connectivity index (χ1) is 6.34. The molecule has 14 heavy (non-hydrogen) atoms. The van der Waals surface area contributed by atoms with E-state index < -0.39 is 23.9 Å². The molecule has 3 atom stereocenters. The van der Waals surface area contributed by atoms with E-state index in [1.807, 2.05) is 13.8 Å². The third kappa shape index (κ3) is 2.45. The van der Waals surface area contributed by atoms with Gasteiger partial charge >= 0.3 is 0 Å². The second-order valence-corrected chi connectivity index (χ2v) is 4.58. The van der Waals surface area contributed by atoms with Gasteiger partial charge in [-0.15, -0.1) is 0 Å². The summed E-state index contributed by atoms with van der Waals surface area (Å²) in [5.74, 6) is 0. The van der Waals surface area contributed by atoms with Crippen molar-refractivity contribution in [1.29, 1.82) is 0 Å². The minimum Gasteiger partial charge on any atom is -0.387 e. The molecule has 0 radical (unpaired) electrons. The van der Waals surface area contributed by atoms with E-state index in [9.17, 15) is 10.2 Å². The zero-order valence-electron chi connectivity index (χ0n) is 9.23. The number of hydrogen-bond donors (Lipinski definition) is 2. The highest BCUT2D eigenvalue weighted by Crippen LogP contribution is 2.30. The molecule has 0 bridgehead atoms. The van der Waals surface area contributed by atoms with Gasteiger partial charge in [0.15, 0.2) is 0 Å². The van der Waals surface area contributed by atoms with E-state index in [2.05, 4.69) is 0 Å². The van der Waals surface area contributed by atoms with Gasteiger partial charge in [0.25, 0.3) is 0 Å². The van der Waals surface area contributed by atoms with Gasteiger partial charge in [-0.25, -0.2) is 0 Å². The Kier molecular flexibility index (Phi) is 3.53. The first-order valence-corrected chi connectivity index (χ1v) is 5.00. The molecule has 4 heteroatoms. The van der Waals surface area contributed by atoms with Gasteiger partial charge < -0.3 is 19.7 Å². The molecule has 0 amide bonds. The molecule has 0 spiro atoms. The van der Waals surface area contributed by atoms with Gasteiger partial charge in [0.1, 0.15) is 18.3 Å². The highest BCUT2D eigenvalue weighted by Gasteiger charge is 2.47. The van der Waals surface area contributed by atoms with Crippen LogP contribution in [0.5, 0.6) is 0 Å². The van der Waals surface area contributed by atoms with Crippen molar-refractivity contribution < 1.29 is 19.7 Å². The highest BCUT2D eigenvalue weighted by molar-refractivity contribution is 4.96. The van der Waals surface area contributed by atoms with E-state index in [0.29, 0.717) is 6.61 Å². The van der Waals surface area contributed by atoms with E-state index in [-0.39, 0.29) is 6.10 Å². The summed E-state index contributed by atoms with van der Waals surface area (Å²) < 4.78 is 10.8. The second kappa shape index (κ2) is 4.14. The average Bonchev–Trinajstić information content (AvgIpc) is 2.26. The number of aliphatic hydroxyl groups is 2. The van der Waals surface area contributed by atoms with Gasteiger partial charge in [0.05, 0.1) is 18.3 Å². The predicted molar refractivity (Wildman–Crippen MR) is 52.1 cm³/mol. The van der Waals surface area contributed by atoms with Crippen molar-refractivity contribution in [3.05, 3.63) is 0 Å². The monoisotopic (exact) mass is 204 g/mol. The average molecular weight is 204 g/mol. The SMILES string of the molecule is CC(C)OC[C@H]1OC(C)(C)[C@H](O)[C@@H]1O. The van der Waals surface area contributed by atoms with Gasteiger partial charge in [-0.05, 0) is 27.7 Å². The summed E-state index contributed by atoms with van der Waals surface area (Å²) in [5, 5.41) is 19.3. The molecule has 2 N–H and O–H groups in total. The molecule has 1 saturated heterocycles. The van der Waals surface area contributed by atoms with Gasteiger partial charge in [-0.2, -0.15) is 0 Å². The third-order valence-corrected chi connectivity index (χ3v) is 2.47. The minimum atomic E-state index is -0.858. The van der Waals surface area contributed by atoms with Crippen LogP contribution in [0, 0.1) is 0 Å². The maximum Gasteiger partial charge on any atom is 0.111 e. The Morgan fingerprint density at radius 2 is 1.93 bits per heavy atom. The van der Waals surface area contributed by atoms with E-state index in [1.165, 1.54) is 0 Å². The van der Waals surface area contributed by atoms with Gasteiger partial charge in [-0.1, -0.05) is 0 Å². The van der Waals surface area contributed by atoms with E-state index in [1.54, 1.807) is 13.8 Å². The summed E-state index contributed by atoms with van der Waals surface area (Å²) in [7, 11) is 0. The molecule has 0 aromatic carbocycles. The second-order valence-electron chi connectivity index (χ2n) is 4.58. The maximum atomic E-state index is 9.65. The fourth-order valence-corrected chi connectivity index (χ4v) is 1.56. The molecule has 1 aliphatic rings. The molecule has 4 nitrogen and oxygen atoms in total.